The van der Waals surface area contributed by atoms with Crippen molar-refractivity contribution in [2.45, 2.75) is 50.9 Å². The normalized spacial score (nSPS) is 17.9. The van der Waals surface area contributed by atoms with Gasteiger partial charge in [0.1, 0.15) is 23.5 Å². The van der Waals surface area contributed by atoms with E-state index in [1.54, 1.807) is 19.2 Å². The third-order valence-electron chi connectivity index (χ3n) is 7.99. The Hall–Kier alpha value is -3.66. The number of hydrogen-bond donors (Lipinski definition) is 4. The zero-order chi connectivity index (χ0) is 29.1. The second kappa shape index (κ2) is 12.5. The molecule has 0 radical (unpaired) electrons. The highest BCUT2D eigenvalue weighted by atomic mass is 16.5. The lowest BCUT2D eigenvalue weighted by Gasteiger charge is -2.35. The minimum atomic E-state index is -0.841. The van der Waals surface area contributed by atoms with E-state index in [-0.39, 0.29) is 36.7 Å². The second-order valence-electron chi connectivity index (χ2n) is 10.3. The third-order valence-corrected chi connectivity index (χ3v) is 7.99. The zero-order valence-electron chi connectivity index (χ0n) is 24.0. The van der Waals surface area contributed by atoms with Gasteiger partial charge in [0.05, 0.1) is 34.0 Å². The van der Waals surface area contributed by atoms with Gasteiger partial charge in [-0.05, 0) is 72.3 Å². The smallest absolute Gasteiger partial charge is 0.200 e. The number of methoxy groups -OCH3 is 3. The molecule has 0 aromatic heterocycles. The number of nitrogens with one attached hydrogen (secondary N) is 1. The van der Waals surface area contributed by atoms with Crippen molar-refractivity contribution in [1.82, 2.24) is 5.32 Å². The quantitative estimate of drug-likeness (QED) is 0.250. The monoisotopic (exact) mass is 565 g/mol. The highest BCUT2D eigenvalue weighted by Crippen LogP contribution is 2.50. The molecule has 4 N–H and O–H groups in total. The number of aliphatic hydroxyl groups is 2. The molecule has 0 saturated heterocycles. The lowest BCUT2D eigenvalue weighted by atomic mass is 9.77. The Morgan fingerprint density at radius 2 is 1.66 bits per heavy atom. The number of fused-ring (bicyclic) bond motifs is 5. The first-order valence-electron chi connectivity index (χ1n) is 14.1. The summed E-state index contributed by atoms with van der Waals surface area (Å²) in [6.45, 7) is 3.14. The predicted molar refractivity (Wildman–Crippen MR) is 155 cm³/mol. The molecule has 0 fully saturated rings. The van der Waals surface area contributed by atoms with E-state index in [1.807, 2.05) is 31.2 Å². The summed E-state index contributed by atoms with van der Waals surface area (Å²) in [5, 5.41) is 34.8. The summed E-state index contributed by atoms with van der Waals surface area (Å²) in [6.07, 6.45) is 1.68. The van der Waals surface area contributed by atoms with E-state index in [2.05, 4.69) is 5.32 Å². The highest BCUT2D eigenvalue weighted by Gasteiger charge is 2.36. The van der Waals surface area contributed by atoms with Crippen LogP contribution >= 0.6 is 0 Å². The molecule has 0 saturated carbocycles. The van der Waals surface area contributed by atoms with Gasteiger partial charge in [-0.15, -0.1) is 0 Å². The SMILES string of the molecule is CCNC(CCCO)Oc1cc(OC)c2c(c1)-c1ccc3c(c1CC2)C(O)C(c1cc(OC)c(O)c(OC)c1)CO3. The summed E-state index contributed by atoms with van der Waals surface area (Å²) in [4.78, 5) is 0. The number of phenols is 1. The second-order valence-corrected chi connectivity index (χ2v) is 10.3. The Balaban J connectivity index is 1.54. The molecule has 2 aliphatic rings. The molecule has 41 heavy (non-hydrogen) atoms. The fraction of sp³-hybridized carbons (Fsp3) is 0.438. The van der Waals surface area contributed by atoms with Crippen molar-refractivity contribution in [3.63, 3.8) is 0 Å². The molecule has 1 heterocycles. The molecule has 0 spiro atoms. The van der Waals surface area contributed by atoms with Crippen molar-refractivity contribution < 1.29 is 39.0 Å². The first kappa shape index (κ1) is 28.9. The zero-order valence-corrected chi connectivity index (χ0v) is 24.0. The number of ether oxygens (including phenoxy) is 5. The fourth-order valence-electron chi connectivity index (χ4n) is 5.98. The van der Waals surface area contributed by atoms with Gasteiger partial charge in [-0.25, -0.2) is 0 Å². The van der Waals surface area contributed by atoms with Crippen LogP contribution in [-0.2, 0) is 12.8 Å². The summed E-state index contributed by atoms with van der Waals surface area (Å²) in [5.41, 5.74) is 5.66. The Kier molecular flexibility index (Phi) is 8.77. The molecule has 3 unspecified atom stereocenters. The summed E-state index contributed by atoms with van der Waals surface area (Å²) in [7, 11) is 4.63. The maximum absolute atomic E-state index is 11.8. The van der Waals surface area contributed by atoms with Gasteiger partial charge in [0.25, 0.3) is 0 Å². The Morgan fingerprint density at radius 1 is 0.951 bits per heavy atom. The number of hydrogen-bond acceptors (Lipinski definition) is 9. The summed E-state index contributed by atoms with van der Waals surface area (Å²) < 4.78 is 29.0. The predicted octanol–water partition coefficient (Wildman–Crippen LogP) is 4.48. The van der Waals surface area contributed by atoms with Gasteiger partial charge in [0.15, 0.2) is 11.5 Å². The van der Waals surface area contributed by atoms with Gasteiger partial charge >= 0.3 is 0 Å². The molecule has 220 valence electrons. The van der Waals surface area contributed by atoms with E-state index in [1.165, 1.54) is 14.2 Å². The number of aliphatic hydroxyl groups excluding tert-OH is 2. The van der Waals surface area contributed by atoms with Gasteiger partial charge in [-0.1, -0.05) is 13.0 Å². The Morgan fingerprint density at radius 3 is 2.32 bits per heavy atom. The van der Waals surface area contributed by atoms with Crippen molar-refractivity contribution in [2.24, 2.45) is 0 Å². The molecule has 3 atom stereocenters. The standard InChI is InChI=1S/C32H39NO8/c1-5-33-29(7-6-12-34)41-19-15-23-20-10-11-25-30(22(20)9-8-21(23)26(16-19)37-2)31(35)24(17-40-25)18-13-27(38-3)32(36)28(14-18)39-4/h10-11,13-16,24,29,31,33-36H,5-9,12,17H2,1-4H3. The molecule has 1 aliphatic heterocycles. The topological polar surface area (TPSA) is 119 Å². The van der Waals surface area contributed by atoms with Gasteiger partial charge in [-0.3, -0.25) is 5.32 Å². The van der Waals surface area contributed by atoms with Gasteiger partial charge < -0.3 is 39.0 Å². The molecule has 0 bridgehead atoms. The molecule has 9 heteroatoms. The molecule has 9 nitrogen and oxygen atoms in total. The number of phenolic OH excluding ortho intramolecular Hbond substituents is 1. The van der Waals surface area contributed by atoms with Gasteiger partial charge in [0.2, 0.25) is 5.75 Å². The van der Waals surface area contributed by atoms with Crippen LogP contribution in [0.1, 0.15) is 54.0 Å². The van der Waals surface area contributed by atoms with Crippen LogP contribution in [-0.4, -0.2) is 62.6 Å². The first-order valence-corrected chi connectivity index (χ1v) is 14.1. The Labute approximate surface area is 240 Å². The summed E-state index contributed by atoms with van der Waals surface area (Å²) in [6, 6.07) is 11.4. The first-order chi connectivity index (χ1) is 19.9. The average molecular weight is 566 g/mol. The average Bonchev–Trinajstić information content (AvgIpc) is 2.99. The van der Waals surface area contributed by atoms with Crippen molar-refractivity contribution in [1.29, 1.82) is 0 Å². The molecule has 0 amide bonds. The lowest BCUT2D eigenvalue weighted by molar-refractivity contribution is 0.0877. The Bertz CT molecular complexity index is 1370. The molecular weight excluding hydrogens is 526 g/mol. The van der Waals surface area contributed by atoms with E-state index in [9.17, 15) is 15.3 Å². The van der Waals surface area contributed by atoms with Crippen LogP contribution < -0.4 is 29.0 Å². The van der Waals surface area contributed by atoms with E-state index in [0.717, 1.165) is 52.1 Å². The van der Waals surface area contributed by atoms with Crippen LogP contribution in [0.4, 0.5) is 0 Å². The van der Waals surface area contributed by atoms with E-state index in [0.29, 0.717) is 30.8 Å². The highest BCUT2D eigenvalue weighted by molar-refractivity contribution is 5.79. The van der Waals surface area contributed by atoms with Crippen LogP contribution in [0.15, 0.2) is 36.4 Å². The molecular formula is C32H39NO8. The fourth-order valence-corrected chi connectivity index (χ4v) is 5.98. The van der Waals surface area contributed by atoms with Crippen molar-refractivity contribution in [3.05, 3.63) is 58.7 Å². The number of benzene rings is 3. The van der Waals surface area contributed by atoms with Crippen LogP contribution in [0.3, 0.4) is 0 Å². The largest absolute Gasteiger partial charge is 0.502 e. The van der Waals surface area contributed by atoms with E-state index >= 15 is 0 Å². The number of rotatable bonds is 11. The van der Waals surface area contributed by atoms with Crippen LogP contribution in [0.2, 0.25) is 0 Å². The van der Waals surface area contributed by atoms with Crippen LogP contribution in [0.5, 0.6) is 34.5 Å². The molecule has 5 rings (SSSR count). The molecule has 3 aromatic carbocycles. The third kappa shape index (κ3) is 5.49. The maximum Gasteiger partial charge on any atom is 0.200 e. The van der Waals surface area contributed by atoms with Gasteiger partial charge in [-0.2, -0.15) is 0 Å². The molecule has 1 aliphatic carbocycles. The van der Waals surface area contributed by atoms with Crippen molar-refractivity contribution in [3.8, 4) is 45.6 Å². The van der Waals surface area contributed by atoms with Crippen molar-refractivity contribution >= 4 is 0 Å². The number of aromatic hydroxyl groups is 1. The van der Waals surface area contributed by atoms with Gasteiger partial charge in [0, 0.05) is 36.1 Å². The van der Waals surface area contributed by atoms with E-state index < -0.39 is 12.0 Å². The minimum absolute atomic E-state index is 0.0842. The van der Waals surface area contributed by atoms with E-state index in [4.69, 9.17) is 23.7 Å². The van der Waals surface area contributed by atoms with Crippen LogP contribution in [0.25, 0.3) is 11.1 Å². The summed E-state index contributed by atoms with van der Waals surface area (Å²) in [5.74, 6) is 2.18. The minimum Gasteiger partial charge on any atom is -0.502 e. The lowest BCUT2D eigenvalue weighted by Crippen LogP contribution is -2.34. The van der Waals surface area contributed by atoms with Crippen molar-refractivity contribution in [2.75, 3.05) is 41.1 Å². The maximum atomic E-state index is 11.8. The van der Waals surface area contributed by atoms with Crippen LogP contribution in [0, 0.1) is 0 Å². The molecule has 3 aromatic rings. The summed E-state index contributed by atoms with van der Waals surface area (Å²) >= 11 is 0.